The van der Waals surface area contributed by atoms with Crippen molar-refractivity contribution in [2.45, 2.75) is 45.1 Å². The van der Waals surface area contributed by atoms with Crippen molar-refractivity contribution in [1.29, 1.82) is 0 Å². The van der Waals surface area contributed by atoms with Crippen molar-refractivity contribution in [1.82, 2.24) is 15.5 Å². The van der Waals surface area contributed by atoms with Crippen molar-refractivity contribution in [2.24, 2.45) is 4.99 Å². The largest absolute Gasteiger partial charge is 0.453 e. The molecule has 1 aromatic carbocycles. The average Bonchev–Trinajstić information content (AvgIpc) is 2.66. The molecule has 150 valence electrons. The molecule has 0 aliphatic carbocycles. The highest BCUT2D eigenvalue weighted by Crippen LogP contribution is 2.24. The van der Waals surface area contributed by atoms with Crippen molar-refractivity contribution < 1.29 is 13.9 Å². The molecule has 1 heterocycles. The number of benzene rings is 1. The number of aliphatic imine (C=N–C) groups is 1. The quantitative estimate of drug-likeness (QED) is 0.611. The molecule has 27 heavy (non-hydrogen) atoms. The minimum Gasteiger partial charge on any atom is -0.453 e. The number of nitrogens with zero attached hydrogens (tertiary/aromatic N) is 2. The maximum absolute atomic E-state index is 13.5. The van der Waals surface area contributed by atoms with E-state index in [-0.39, 0.29) is 23.4 Å². The van der Waals surface area contributed by atoms with E-state index in [9.17, 15) is 9.18 Å². The predicted octanol–water partition coefficient (Wildman–Crippen LogP) is 2.89. The Morgan fingerprint density at radius 1 is 1.37 bits per heavy atom. The minimum atomic E-state index is -0.279. The van der Waals surface area contributed by atoms with Crippen molar-refractivity contribution in [3.63, 3.8) is 0 Å². The van der Waals surface area contributed by atoms with Crippen LogP contribution in [-0.4, -0.2) is 56.3 Å². The first-order valence-corrected chi connectivity index (χ1v) is 9.49. The number of hydrogen-bond donors (Lipinski definition) is 2. The molecule has 1 aliphatic heterocycles. The highest BCUT2D eigenvalue weighted by Gasteiger charge is 2.25. The molecule has 6 nitrogen and oxygen atoms in total. The summed E-state index contributed by atoms with van der Waals surface area (Å²) in [7, 11) is 1.41. The molecule has 0 bridgehead atoms. The van der Waals surface area contributed by atoms with Crippen LogP contribution in [0.4, 0.5) is 9.18 Å². The van der Waals surface area contributed by atoms with Crippen LogP contribution in [0.25, 0.3) is 0 Å². The molecular formula is C20H31FN4O2. The second kappa shape index (κ2) is 9.58. The minimum absolute atomic E-state index is 0.230. The number of ether oxygens (including phenoxy) is 1. The van der Waals surface area contributed by atoms with Gasteiger partial charge in [0.1, 0.15) is 5.82 Å². The molecule has 0 aromatic heterocycles. The molecule has 1 amide bonds. The van der Waals surface area contributed by atoms with Gasteiger partial charge in [-0.05, 0) is 37.5 Å². The normalized spacial score (nSPS) is 16.2. The Hall–Kier alpha value is -2.31. The third kappa shape index (κ3) is 6.12. The fourth-order valence-corrected chi connectivity index (χ4v) is 3.13. The summed E-state index contributed by atoms with van der Waals surface area (Å²) in [5.41, 5.74) is 0.645. The second-order valence-corrected chi connectivity index (χ2v) is 7.47. The first-order valence-electron chi connectivity index (χ1n) is 9.49. The van der Waals surface area contributed by atoms with Crippen LogP contribution >= 0.6 is 0 Å². The lowest BCUT2D eigenvalue weighted by molar-refractivity contribution is 0.111. The van der Waals surface area contributed by atoms with Crippen molar-refractivity contribution in [2.75, 3.05) is 33.3 Å². The zero-order valence-corrected chi connectivity index (χ0v) is 16.7. The number of nitrogens with one attached hydrogen (secondary N) is 2. The summed E-state index contributed by atoms with van der Waals surface area (Å²) >= 11 is 0. The molecular weight excluding hydrogens is 347 g/mol. The van der Waals surface area contributed by atoms with Gasteiger partial charge in [-0.1, -0.05) is 26.0 Å². The molecule has 0 radical (unpaired) electrons. The number of carbonyl (C=O) groups excluding carboxylic acids is 1. The zero-order valence-electron chi connectivity index (χ0n) is 16.7. The molecule has 1 saturated heterocycles. The number of halogens is 1. The monoisotopic (exact) mass is 378 g/mol. The van der Waals surface area contributed by atoms with Gasteiger partial charge in [0.05, 0.1) is 13.7 Å². The average molecular weight is 378 g/mol. The highest BCUT2D eigenvalue weighted by molar-refractivity contribution is 5.80. The molecule has 2 rings (SSSR count). The summed E-state index contributed by atoms with van der Waals surface area (Å²) < 4.78 is 18.3. The summed E-state index contributed by atoms with van der Waals surface area (Å²) in [5, 5.41) is 6.73. The number of piperidine rings is 1. The Morgan fingerprint density at radius 2 is 2.07 bits per heavy atom. The van der Waals surface area contributed by atoms with E-state index in [0.29, 0.717) is 19.6 Å². The first kappa shape index (κ1) is 21.0. The third-order valence-electron chi connectivity index (χ3n) is 4.85. The number of likely N-dealkylation sites (tertiary alicyclic amines) is 1. The molecule has 0 atom stereocenters. The van der Waals surface area contributed by atoms with Gasteiger partial charge in [0, 0.05) is 31.1 Å². The first-order chi connectivity index (χ1) is 12.9. The van der Waals surface area contributed by atoms with E-state index in [1.807, 2.05) is 13.0 Å². The maximum atomic E-state index is 13.5. The van der Waals surface area contributed by atoms with Gasteiger partial charge < -0.3 is 20.3 Å². The van der Waals surface area contributed by atoms with Crippen molar-refractivity contribution in [3.05, 3.63) is 35.6 Å². The highest BCUT2D eigenvalue weighted by atomic mass is 19.1. The Kier molecular flexibility index (Phi) is 7.45. The number of amides is 1. The molecule has 0 spiro atoms. The van der Waals surface area contributed by atoms with Gasteiger partial charge in [-0.15, -0.1) is 0 Å². The fourth-order valence-electron chi connectivity index (χ4n) is 3.13. The summed E-state index contributed by atoms with van der Waals surface area (Å²) in [6.07, 6.45) is 1.41. The van der Waals surface area contributed by atoms with Crippen LogP contribution in [0.1, 0.15) is 39.2 Å². The number of hydrogen-bond acceptors (Lipinski definition) is 3. The van der Waals surface area contributed by atoms with Crippen LogP contribution in [-0.2, 0) is 10.2 Å². The summed E-state index contributed by atoms with van der Waals surface area (Å²) in [6.45, 7) is 8.76. The molecule has 7 heteroatoms. The van der Waals surface area contributed by atoms with Crippen molar-refractivity contribution in [3.8, 4) is 0 Å². The van der Waals surface area contributed by atoms with Crippen LogP contribution in [0.3, 0.4) is 0 Å². The van der Waals surface area contributed by atoms with Gasteiger partial charge in [0.15, 0.2) is 5.96 Å². The Morgan fingerprint density at radius 3 is 2.67 bits per heavy atom. The van der Waals surface area contributed by atoms with Gasteiger partial charge >= 0.3 is 6.09 Å². The smallest absolute Gasteiger partial charge is 0.409 e. The van der Waals surface area contributed by atoms with E-state index < -0.39 is 0 Å². The topological polar surface area (TPSA) is 66.0 Å². The molecule has 0 saturated carbocycles. The molecule has 1 aliphatic rings. The lowest BCUT2D eigenvalue weighted by Crippen LogP contribution is -2.50. The van der Waals surface area contributed by atoms with Gasteiger partial charge in [-0.25, -0.2) is 9.18 Å². The van der Waals surface area contributed by atoms with E-state index in [1.165, 1.54) is 13.2 Å². The van der Waals surface area contributed by atoms with Crippen LogP contribution < -0.4 is 10.6 Å². The maximum Gasteiger partial charge on any atom is 0.409 e. The summed E-state index contributed by atoms with van der Waals surface area (Å²) in [6, 6.07) is 6.94. The molecule has 1 fully saturated rings. The van der Waals surface area contributed by atoms with Gasteiger partial charge in [0.25, 0.3) is 0 Å². The van der Waals surface area contributed by atoms with Crippen LogP contribution in [0.15, 0.2) is 29.3 Å². The Labute approximate surface area is 161 Å². The van der Waals surface area contributed by atoms with Crippen molar-refractivity contribution >= 4 is 12.1 Å². The van der Waals surface area contributed by atoms with Crippen LogP contribution in [0.5, 0.6) is 0 Å². The second-order valence-electron chi connectivity index (χ2n) is 7.47. The van der Waals surface area contributed by atoms with Gasteiger partial charge in [-0.2, -0.15) is 0 Å². The SMILES string of the molecule is CCNC(=NCC(C)(C)c1cccc(F)c1)NC1CCN(C(=O)OC)CC1. The molecule has 1 aromatic rings. The van der Waals surface area contributed by atoms with E-state index in [4.69, 9.17) is 9.73 Å². The van der Waals surface area contributed by atoms with Crippen LogP contribution in [0, 0.1) is 5.82 Å². The zero-order chi connectivity index (χ0) is 19.9. The number of carbonyl (C=O) groups is 1. The number of methoxy groups -OCH3 is 1. The number of rotatable bonds is 5. The van der Waals surface area contributed by atoms with E-state index in [1.54, 1.807) is 17.0 Å². The van der Waals surface area contributed by atoms with Gasteiger partial charge in [-0.3, -0.25) is 4.99 Å². The lowest BCUT2D eigenvalue weighted by Gasteiger charge is -2.32. The third-order valence-corrected chi connectivity index (χ3v) is 4.85. The summed E-state index contributed by atoms with van der Waals surface area (Å²) in [4.78, 5) is 18.0. The van der Waals surface area contributed by atoms with E-state index in [0.717, 1.165) is 30.9 Å². The van der Waals surface area contributed by atoms with Crippen LogP contribution in [0.2, 0.25) is 0 Å². The lowest BCUT2D eigenvalue weighted by atomic mass is 9.85. The van der Waals surface area contributed by atoms with E-state index in [2.05, 4.69) is 24.5 Å². The molecule has 2 N–H and O–H groups in total. The Balaban J connectivity index is 1.97. The van der Waals surface area contributed by atoms with E-state index >= 15 is 0 Å². The standard InChI is InChI=1S/C20H31FN4O2/c1-5-22-18(24-17-9-11-25(12-10-17)19(26)27-4)23-14-20(2,3)15-7-6-8-16(21)13-15/h6-8,13,17H,5,9-12,14H2,1-4H3,(H2,22,23,24). The molecule has 0 unspecified atom stereocenters. The Bertz CT molecular complexity index is 655. The summed E-state index contributed by atoms with van der Waals surface area (Å²) in [5.74, 6) is 0.519. The number of guanidine groups is 1. The predicted molar refractivity (Wildman–Crippen MR) is 106 cm³/mol. The van der Waals surface area contributed by atoms with Gasteiger partial charge in [0.2, 0.25) is 0 Å². The fraction of sp³-hybridized carbons (Fsp3) is 0.600.